The maximum Gasteiger partial charge on any atom is 0.219 e. The molecule has 2 aliphatic rings. The smallest absolute Gasteiger partial charge is 0.219 e. The second-order valence-corrected chi connectivity index (χ2v) is 9.13. The molecule has 2 heterocycles. The highest BCUT2D eigenvalue weighted by atomic mass is 79.9. The van der Waals surface area contributed by atoms with Crippen molar-refractivity contribution in [3.8, 4) is 17.3 Å². The molecule has 1 N–H and O–H groups in total. The number of fused-ring (bicyclic) bond motifs is 2. The maximum absolute atomic E-state index is 14.3. The first-order chi connectivity index (χ1) is 15.4. The van der Waals surface area contributed by atoms with Crippen LogP contribution in [0.2, 0.25) is 0 Å². The van der Waals surface area contributed by atoms with Crippen LogP contribution in [0.15, 0.2) is 40.9 Å². The van der Waals surface area contributed by atoms with Crippen LogP contribution in [0, 0.1) is 17.1 Å². The maximum atomic E-state index is 14.3. The Hall–Kier alpha value is -3.02. The van der Waals surface area contributed by atoms with Crippen LogP contribution in [-0.2, 0) is 24.2 Å². The van der Waals surface area contributed by atoms with Crippen LogP contribution in [-0.4, -0.2) is 38.3 Å². The molecule has 1 aromatic heterocycles. The van der Waals surface area contributed by atoms with Crippen LogP contribution < -0.4 is 0 Å². The lowest BCUT2D eigenvalue weighted by Gasteiger charge is -2.28. The van der Waals surface area contributed by atoms with E-state index in [0.717, 1.165) is 22.4 Å². The van der Waals surface area contributed by atoms with Crippen LogP contribution in [0.3, 0.4) is 0 Å². The fourth-order valence-corrected chi connectivity index (χ4v) is 5.45. The number of rotatable bonds is 2. The van der Waals surface area contributed by atoms with Crippen molar-refractivity contribution >= 4 is 21.8 Å². The third-order valence-corrected chi connectivity index (χ3v) is 7.06. The minimum absolute atomic E-state index is 0.0163. The number of carbonyl (C=O) groups excluding carboxylic acids is 1. The summed E-state index contributed by atoms with van der Waals surface area (Å²) in [7, 11) is 0. The second-order valence-electron chi connectivity index (χ2n) is 8.27. The molecular formula is C24H20BrFN4O2. The molecule has 162 valence electrons. The normalized spacial score (nSPS) is 19.4. The third-order valence-electron chi connectivity index (χ3n) is 6.35. The highest BCUT2D eigenvalue weighted by Crippen LogP contribution is 2.42. The lowest BCUT2D eigenvalue weighted by molar-refractivity contribution is -0.129. The lowest BCUT2D eigenvalue weighted by atomic mass is 9.99. The standard InChI is InChI=1S/C24H20BrFN4O2/c1-13(31)29-6-5-21-19(12-29)23(15-4-2-3-14(7-15)11-27)28-30(21)24-18-8-16(26)9-20(25)17(18)10-22(24)32/h2-4,7-9,22,24,32H,5-6,10,12H2,1H3/t22-,24+/m0/s1. The Balaban J connectivity index is 1.70. The molecule has 3 aromatic rings. The summed E-state index contributed by atoms with van der Waals surface area (Å²) in [6.45, 7) is 2.50. The average Bonchev–Trinajstić information content (AvgIpc) is 3.30. The quantitative estimate of drug-likeness (QED) is 0.588. The fraction of sp³-hybridized carbons (Fsp3) is 0.292. The van der Waals surface area contributed by atoms with Crippen molar-refractivity contribution in [2.24, 2.45) is 0 Å². The zero-order valence-electron chi connectivity index (χ0n) is 17.3. The van der Waals surface area contributed by atoms with E-state index in [1.165, 1.54) is 12.1 Å². The predicted octanol–water partition coefficient (Wildman–Crippen LogP) is 3.73. The Bertz CT molecular complexity index is 1300. The number of hydrogen-bond donors (Lipinski definition) is 1. The van der Waals surface area contributed by atoms with Crippen molar-refractivity contribution in [2.45, 2.75) is 38.5 Å². The van der Waals surface area contributed by atoms with Gasteiger partial charge in [0.05, 0.1) is 23.4 Å². The summed E-state index contributed by atoms with van der Waals surface area (Å²) in [5.41, 5.74) is 5.39. The molecule has 2 atom stereocenters. The summed E-state index contributed by atoms with van der Waals surface area (Å²) in [6.07, 6.45) is 0.222. The number of aliphatic hydroxyl groups excluding tert-OH is 1. The first kappa shape index (κ1) is 20.9. The molecular weight excluding hydrogens is 475 g/mol. The van der Waals surface area contributed by atoms with Gasteiger partial charge in [-0.1, -0.05) is 28.1 Å². The molecule has 1 aliphatic carbocycles. The number of amides is 1. The van der Waals surface area contributed by atoms with Crippen LogP contribution in [0.1, 0.15) is 40.9 Å². The first-order valence-electron chi connectivity index (χ1n) is 10.4. The van der Waals surface area contributed by atoms with Crippen molar-refractivity contribution in [1.82, 2.24) is 14.7 Å². The van der Waals surface area contributed by atoms with Gasteiger partial charge in [-0.05, 0) is 35.4 Å². The first-order valence-corrected chi connectivity index (χ1v) is 11.2. The molecule has 1 aliphatic heterocycles. The van der Waals surface area contributed by atoms with E-state index < -0.39 is 12.1 Å². The molecule has 0 unspecified atom stereocenters. The summed E-state index contributed by atoms with van der Waals surface area (Å²) in [4.78, 5) is 13.8. The lowest BCUT2D eigenvalue weighted by Crippen LogP contribution is -2.35. The summed E-state index contributed by atoms with van der Waals surface area (Å²) in [5, 5.41) is 25.2. The molecule has 0 radical (unpaired) electrons. The highest BCUT2D eigenvalue weighted by Gasteiger charge is 2.38. The van der Waals surface area contributed by atoms with Gasteiger partial charge < -0.3 is 10.0 Å². The molecule has 0 saturated carbocycles. The molecule has 32 heavy (non-hydrogen) atoms. The van der Waals surface area contributed by atoms with E-state index >= 15 is 0 Å². The van der Waals surface area contributed by atoms with Gasteiger partial charge in [0.15, 0.2) is 0 Å². The Morgan fingerprint density at radius 2 is 2.12 bits per heavy atom. The Morgan fingerprint density at radius 3 is 2.88 bits per heavy atom. The monoisotopic (exact) mass is 494 g/mol. The van der Waals surface area contributed by atoms with Gasteiger partial charge in [0.1, 0.15) is 11.9 Å². The van der Waals surface area contributed by atoms with Crippen LogP contribution in [0.25, 0.3) is 11.3 Å². The molecule has 0 fully saturated rings. The second kappa shape index (κ2) is 7.84. The van der Waals surface area contributed by atoms with Crippen molar-refractivity contribution in [2.75, 3.05) is 6.54 Å². The van der Waals surface area contributed by atoms with Gasteiger partial charge in [-0.2, -0.15) is 10.4 Å². The third kappa shape index (κ3) is 3.33. The summed E-state index contributed by atoms with van der Waals surface area (Å²) in [5.74, 6) is -0.391. The van der Waals surface area contributed by atoms with E-state index in [1.807, 2.05) is 10.7 Å². The molecule has 6 nitrogen and oxygen atoms in total. The van der Waals surface area contributed by atoms with E-state index in [2.05, 4.69) is 22.0 Å². The number of aliphatic hydroxyl groups is 1. The van der Waals surface area contributed by atoms with E-state index in [4.69, 9.17) is 5.10 Å². The van der Waals surface area contributed by atoms with Gasteiger partial charge >= 0.3 is 0 Å². The molecule has 2 aromatic carbocycles. The number of nitrogens with zero attached hydrogens (tertiary/aromatic N) is 4. The van der Waals surface area contributed by atoms with Crippen LogP contribution in [0.5, 0.6) is 0 Å². The number of hydrogen-bond acceptors (Lipinski definition) is 4. The number of benzene rings is 2. The van der Waals surface area contributed by atoms with Gasteiger partial charge in [0.2, 0.25) is 5.91 Å². The number of halogens is 2. The molecule has 5 rings (SSSR count). The number of nitriles is 1. The zero-order chi connectivity index (χ0) is 22.6. The minimum Gasteiger partial charge on any atom is -0.390 e. The molecule has 0 bridgehead atoms. The minimum atomic E-state index is -0.753. The van der Waals surface area contributed by atoms with Crippen molar-refractivity contribution in [1.29, 1.82) is 5.26 Å². The van der Waals surface area contributed by atoms with Gasteiger partial charge in [0, 0.05) is 54.1 Å². The molecule has 0 spiro atoms. The Kier molecular flexibility index (Phi) is 5.11. The van der Waals surface area contributed by atoms with Crippen LogP contribution in [0.4, 0.5) is 4.39 Å². The Labute approximate surface area is 193 Å². The van der Waals surface area contributed by atoms with E-state index in [0.29, 0.717) is 47.2 Å². The van der Waals surface area contributed by atoms with Gasteiger partial charge in [-0.3, -0.25) is 9.48 Å². The summed E-state index contributed by atoms with van der Waals surface area (Å²) in [6, 6.07) is 11.7. The highest BCUT2D eigenvalue weighted by molar-refractivity contribution is 9.10. The zero-order valence-corrected chi connectivity index (χ0v) is 18.9. The largest absolute Gasteiger partial charge is 0.390 e. The van der Waals surface area contributed by atoms with E-state index in [9.17, 15) is 19.6 Å². The van der Waals surface area contributed by atoms with Gasteiger partial charge in [-0.25, -0.2) is 4.39 Å². The van der Waals surface area contributed by atoms with Gasteiger partial charge in [0.25, 0.3) is 0 Å². The average molecular weight is 495 g/mol. The topological polar surface area (TPSA) is 82.2 Å². The Morgan fingerprint density at radius 1 is 1.31 bits per heavy atom. The molecule has 8 heteroatoms. The predicted molar refractivity (Wildman–Crippen MR) is 119 cm³/mol. The van der Waals surface area contributed by atoms with Gasteiger partial charge in [-0.15, -0.1) is 0 Å². The molecule has 0 saturated heterocycles. The van der Waals surface area contributed by atoms with E-state index in [-0.39, 0.29) is 11.7 Å². The van der Waals surface area contributed by atoms with Crippen LogP contribution >= 0.6 is 15.9 Å². The van der Waals surface area contributed by atoms with Crippen molar-refractivity contribution in [3.63, 3.8) is 0 Å². The van der Waals surface area contributed by atoms with Crippen molar-refractivity contribution < 1.29 is 14.3 Å². The van der Waals surface area contributed by atoms with Crippen molar-refractivity contribution in [3.05, 3.63) is 74.6 Å². The summed E-state index contributed by atoms with van der Waals surface area (Å²) >= 11 is 3.43. The molecule has 1 amide bonds. The number of carbonyl (C=O) groups is 1. The summed E-state index contributed by atoms with van der Waals surface area (Å²) < 4.78 is 16.7. The SMILES string of the molecule is CC(=O)N1CCc2c(c(-c3cccc(C#N)c3)nn2[C@@H]2c3cc(F)cc(Br)c3C[C@@H]2O)C1. The fourth-order valence-electron chi connectivity index (χ4n) is 4.84. The van der Waals surface area contributed by atoms with E-state index in [1.54, 1.807) is 30.0 Å². The number of aromatic nitrogens is 2.